The van der Waals surface area contributed by atoms with Crippen LogP contribution in [0.2, 0.25) is 5.02 Å². The molecule has 0 saturated carbocycles. The Bertz CT molecular complexity index is 490. The van der Waals surface area contributed by atoms with Crippen molar-refractivity contribution in [3.8, 4) is 0 Å². The topological polar surface area (TPSA) is 54.5 Å². The zero-order valence-electron chi connectivity index (χ0n) is 8.91. The molecule has 1 aromatic rings. The zero-order valence-corrected chi connectivity index (χ0v) is 9.67. The average Bonchev–Trinajstić information content (AvgIpc) is 2.28. The lowest BCUT2D eigenvalue weighted by molar-refractivity contribution is -0.473. The number of hydrogen-bond acceptors (Lipinski definition) is 1. The molecule has 4 nitrogen and oxygen atoms in total. The molecule has 0 aromatic heterocycles. The Hall–Kier alpha value is -1.62. The molecule has 1 aliphatic rings. The predicted molar refractivity (Wildman–Crippen MR) is 60.8 cm³/mol. The minimum atomic E-state index is -0.652. The molecule has 0 fully saturated rings. The molecule has 6 heteroatoms. The maximum atomic E-state index is 13.5. The van der Waals surface area contributed by atoms with Crippen molar-refractivity contribution >= 4 is 23.4 Å². The van der Waals surface area contributed by atoms with E-state index < -0.39 is 11.7 Å². The number of rotatable bonds is 1. The van der Waals surface area contributed by atoms with Crippen molar-refractivity contribution in [2.24, 2.45) is 0 Å². The molecule has 0 aliphatic carbocycles. The van der Waals surface area contributed by atoms with Gasteiger partial charge in [0.15, 0.2) is 6.54 Å². The lowest BCUT2D eigenvalue weighted by atomic mass is 10.1. The molecule has 1 amide bonds. The molecule has 17 heavy (non-hydrogen) atoms. The van der Waals surface area contributed by atoms with E-state index in [-0.39, 0.29) is 23.0 Å². The number of halogens is 2. The van der Waals surface area contributed by atoms with Crippen molar-refractivity contribution in [2.75, 3.05) is 19.6 Å². The standard InChI is InChI=1S/C11H10ClFN2O2/c12-7-1-2-8(9(13)5-7)11(17)15-4-3-14-10(16)6-15/h1-2,5H,3-4,6H2,(H,14,16)/p+1. The summed E-state index contributed by atoms with van der Waals surface area (Å²) in [6.45, 7) is 0.943. The first kappa shape index (κ1) is 11.9. The SMILES string of the molecule is O=C(c1ccc(Cl)cc1F)N1CC[NH+]=C(O)C1. The molecule has 0 radical (unpaired) electrons. The minimum absolute atomic E-state index is 0.0129. The Morgan fingerprint density at radius 2 is 2.29 bits per heavy atom. The molecule has 0 bridgehead atoms. The summed E-state index contributed by atoms with van der Waals surface area (Å²) in [7, 11) is 0. The van der Waals surface area contributed by atoms with E-state index in [4.69, 9.17) is 11.6 Å². The van der Waals surface area contributed by atoms with E-state index >= 15 is 0 Å². The first-order chi connectivity index (χ1) is 8.08. The van der Waals surface area contributed by atoms with Crippen LogP contribution in [0.25, 0.3) is 0 Å². The fourth-order valence-corrected chi connectivity index (χ4v) is 1.82. The summed E-state index contributed by atoms with van der Waals surface area (Å²) in [5.41, 5.74) is -0.0379. The number of amides is 1. The van der Waals surface area contributed by atoms with E-state index in [2.05, 4.69) is 4.99 Å². The maximum absolute atomic E-state index is 13.5. The van der Waals surface area contributed by atoms with Crippen molar-refractivity contribution in [2.45, 2.75) is 0 Å². The molecular formula is C11H11ClFN2O2+. The number of aliphatic hydroxyl groups excluding tert-OH is 1. The largest absolute Gasteiger partial charge is 0.462 e. The van der Waals surface area contributed by atoms with E-state index in [1.807, 2.05) is 0 Å². The van der Waals surface area contributed by atoms with Crippen LogP contribution in [0.1, 0.15) is 10.4 Å². The van der Waals surface area contributed by atoms with Gasteiger partial charge in [-0.3, -0.25) is 4.79 Å². The smallest absolute Gasteiger partial charge is 0.352 e. The van der Waals surface area contributed by atoms with Crippen LogP contribution in [0, 0.1) is 5.82 Å². The van der Waals surface area contributed by atoms with E-state index in [9.17, 15) is 14.3 Å². The van der Waals surface area contributed by atoms with Crippen molar-refractivity contribution in [3.05, 3.63) is 34.6 Å². The molecule has 0 spiro atoms. The number of benzene rings is 1. The van der Waals surface area contributed by atoms with Crippen molar-refractivity contribution < 1.29 is 19.3 Å². The molecule has 0 atom stereocenters. The van der Waals surface area contributed by atoms with E-state index in [1.54, 1.807) is 0 Å². The summed E-state index contributed by atoms with van der Waals surface area (Å²) < 4.78 is 13.5. The van der Waals surface area contributed by atoms with Gasteiger partial charge in [0, 0.05) is 5.02 Å². The minimum Gasteiger partial charge on any atom is -0.462 e. The summed E-state index contributed by atoms with van der Waals surface area (Å²) >= 11 is 5.61. The van der Waals surface area contributed by atoms with Crippen molar-refractivity contribution in [3.63, 3.8) is 0 Å². The van der Waals surface area contributed by atoms with Gasteiger partial charge in [-0.15, -0.1) is 0 Å². The van der Waals surface area contributed by atoms with Gasteiger partial charge in [0.05, 0.1) is 12.1 Å². The summed E-state index contributed by atoms with van der Waals surface area (Å²) in [6, 6.07) is 3.91. The molecule has 1 aromatic carbocycles. The van der Waals surface area contributed by atoms with Crippen molar-refractivity contribution in [1.82, 2.24) is 4.90 Å². The van der Waals surface area contributed by atoms with Gasteiger partial charge in [0.2, 0.25) is 0 Å². The fraction of sp³-hybridized carbons (Fsp3) is 0.273. The number of aliphatic hydroxyl groups is 1. The van der Waals surface area contributed by atoms with Gasteiger partial charge in [-0.25, -0.2) is 9.38 Å². The normalized spacial score (nSPS) is 15.6. The van der Waals surface area contributed by atoms with E-state index in [0.717, 1.165) is 6.07 Å². The second kappa shape index (κ2) is 4.71. The first-order valence-corrected chi connectivity index (χ1v) is 5.48. The highest BCUT2D eigenvalue weighted by atomic mass is 35.5. The third-order valence-corrected chi connectivity index (χ3v) is 2.74. The monoisotopic (exact) mass is 257 g/mol. The fourth-order valence-electron chi connectivity index (χ4n) is 1.66. The first-order valence-electron chi connectivity index (χ1n) is 5.11. The van der Waals surface area contributed by atoms with Crippen molar-refractivity contribution in [1.29, 1.82) is 0 Å². The Labute approximate surface area is 102 Å². The highest BCUT2D eigenvalue weighted by Crippen LogP contribution is 2.16. The summed E-state index contributed by atoms with van der Waals surface area (Å²) in [5.74, 6) is -1.09. The second-order valence-electron chi connectivity index (χ2n) is 3.72. The molecule has 2 N–H and O–H groups in total. The third-order valence-electron chi connectivity index (χ3n) is 2.50. The van der Waals surface area contributed by atoms with Crippen LogP contribution in [-0.2, 0) is 0 Å². The van der Waals surface area contributed by atoms with Gasteiger partial charge in [-0.1, -0.05) is 11.6 Å². The quantitative estimate of drug-likeness (QED) is 0.743. The Kier molecular flexibility index (Phi) is 3.28. The summed E-state index contributed by atoms with van der Waals surface area (Å²) in [5, 5.41) is 9.53. The maximum Gasteiger partial charge on any atom is 0.352 e. The van der Waals surface area contributed by atoms with Crippen LogP contribution >= 0.6 is 11.6 Å². The van der Waals surface area contributed by atoms with Crippen LogP contribution < -0.4 is 4.99 Å². The number of carbonyl (C=O) groups excluding carboxylic acids is 1. The summed E-state index contributed by atoms with van der Waals surface area (Å²) in [6.07, 6.45) is 0. The van der Waals surface area contributed by atoms with E-state index in [1.165, 1.54) is 17.0 Å². The molecule has 0 unspecified atom stereocenters. The summed E-state index contributed by atoms with van der Waals surface area (Å²) in [4.78, 5) is 16.0. The molecular weight excluding hydrogens is 247 g/mol. The lowest BCUT2D eigenvalue weighted by Gasteiger charge is -2.21. The highest BCUT2D eigenvalue weighted by Gasteiger charge is 2.25. The Morgan fingerprint density at radius 3 is 2.94 bits per heavy atom. The van der Waals surface area contributed by atoms with Gasteiger partial charge in [0.1, 0.15) is 12.4 Å². The molecule has 1 heterocycles. The second-order valence-corrected chi connectivity index (χ2v) is 4.16. The molecule has 90 valence electrons. The zero-order chi connectivity index (χ0) is 12.4. The Morgan fingerprint density at radius 1 is 1.53 bits per heavy atom. The van der Waals surface area contributed by atoms with Crippen LogP contribution in [0.5, 0.6) is 0 Å². The van der Waals surface area contributed by atoms with Crippen LogP contribution in [-0.4, -0.2) is 41.4 Å². The van der Waals surface area contributed by atoms with E-state index in [0.29, 0.717) is 13.1 Å². The van der Waals surface area contributed by atoms with Crippen LogP contribution in [0.3, 0.4) is 0 Å². The number of nitrogens with one attached hydrogen (secondary N) is 1. The lowest BCUT2D eigenvalue weighted by Crippen LogP contribution is -2.80. The molecule has 2 rings (SSSR count). The van der Waals surface area contributed by atoms with Gasteiger partial charge in [-0.05, 0) is 18.2 Å². The number of carbonyl (C=O) groups is 1. The predicted octanol–water partition coefficient (Wildman–Crippen LogP) is -0.0280. The van der Waals surface area contributed by atoms with Crippen LogP contribution in [0.15, 0.2) is 18.2 Å². The number of nitrogens with zero attached hydrogens (tertiary/aromatic N) is 1. The highest BCUT2D eigenvalue weighted by molar-refractivity contribution is 6.30. The van der Waals surface area contributed by atoms with Crippen LogP contribution in [0.4, 0.5) is 4.39 Å². The van der Waals surface area contributed by atoms with Gasteiger partial charge >= 0.3 is 5.90 Å². The molecule has 1 aliphatic heterocycles. The van der Waals surface area contributed by atoms with Gasteiger partial charge < -0.3 is 10.0 Å². The third kappa shape index (κ3) is 2.55. The molecule has 0 saturated heterocycles. The Balaban J connectivity index is 2.22. The van der Waals surface area contributed by atoms with Gasteiger partial charge in [-0.2, -0.15) is 0 Å². The number of hydrogen-bond donors (Lipinski definition) is 2. The van der Waals surface area contributed by atoms with Gasteiger partial charge in [0.25, 0.3) is 5.91 Å². The average molecular weight is 258 g/mol.